The van der Waals surface area contributed by atoms with Crippen LogP contribution in [-0.4, -0.2) is 82.7 Å². The normalized spacial score (nSPS) is 28.5. The van der Waals surface area contributed by atoms with Gasteiger partial charge in [-0.25, -0.2) is 15.0 Å². The number of fused-ring (bicyclic) bond motifs is 1. The van der Waals surface area contributed by atoms with E-state index in [1.165, 1.54) is 10.9 Å². The smallest absolute Gasteiger partial charge is 0.167 e. The lowest BCUT2D eigenvalue weighted by molar-refractivity contribution is -0.0511. The molecule has 1 aliphatic rings. The number of nitrogens with zero attached hydrogens (tertiary/aromatic N) is 4. The number of anilines is 1. The van der Waals surface area contributed by atoms with Crippen molar-refractivity contribution in [1.82, 2.24) is 19.5 Å². The maximum Gasteiger partial charge on any atom is 0.167 e. The van der Waals surface area contributed by atoms with Gasteiger partial charge in [0, 0.05) is 6.42 Å². The van der Waals surface area contributed by atoms with Gasteiger partial charge in [-0.2, -0.15) is 0 Å². The summed E-state index contributed by atoms with van der Waals surface area (Å²) < 4.78 is 6.83. The molecule has 0 aromatic carbocycles. The summed E-state index contributed by atoms with van der Waals surface area (Å²) in [5.74, 6) is 0.265. The number of imidazole rings is 1. The standard InChI is InChI=1S/C13H19N5O6/c14-11-8-12(17-7(16-11)1-5(21)2-19)18(4-15-8)13-10(23)9(22)6(3-20)24-13/h4-6,9-10,13,19-23H,1-3H2,(H2,14,16,17)/t5?,6-,9?,10?,13-/m1/s1. The Bertz CT molecular complexity index is 724. The number of nitrogen functional groups attached to an aromatic ring is 1. The van der Waals surface area contributed by atoms with E-state index in [2.05, 4.69) is 15.0 Å². The fourth-order valence-electron chi connectivity index (χ4n) is 2.65. The zero-order valence-electron chi connectivity index (χ0n) is 12.6. The second kappa shape index (κ2) is 6.55. The van der Waals surface area contributed by atoms with E-state index in [0.717, 1.165) is 0 Å². The van der Waals surface area contributed by atoms with Crippen molar-refractivity contribution in [2.24, 2.45) is 0 Å². The number of nitrogens with two attached hydrogens (primary N) is 1. The Morgan fingerprint density at radius 1 is 1.25 bits per heavy atom. The van der Waals surface area contributed by atoms with Crippen molar-refractivity contribution >= 4 is 17.0 Å². The minimum atomic E-state index is -1.29. The van der Waals surface area contributed by atoms with Gasteiger partial charge in [0.1, 0.15) is 29.7 Å². The van der Waals surface area contributed by atoms with Crippen molar-refractivity contribution in [2.45, 2.75) is 37.1 Å². The molecule has 0 saturated carbocycles. The van der Waals surface area contributed by atoms with Crippen LogP contribution in [0.3, 0.4) is 0 Å². The third-order valence-corrected chi connectivity index (χ3v) is 3.91. The highest BCUT2D eigenvalue weighted by molar-refractivity contribution is 5.81. The molecule has 5 atom stereocenters. The Morgan fingerprint density at radius 2 is 2.00 bits per heavy atom. The molecule has 11 heteroatoms. The molecule has 11 nitrogen and oxygen atoms in total. The lowest BCUT2D eigenvalue weighted by Gasteiger charge is -2.17. The Morgan fingerprint density at radius 3 is 2.62 bits per heavy atom. The van der Waals surface area contributed by atoms with Crippen molar-refractivity contribution < 1.29 is 30.3 Å². The highest BCUT2D eigenvalue weighted by Crippen LogP contribution is 2.31. The van der Waals surface area contributed by atoms with Crippen LogP contribution in [0.5, 0.6) is 0 Å². The van der Waals surface area contributed by atoms with Crippen molar-refractivity contribution in [1.29, 1.82) is 0 Å². The van der Waals surface area contributed by atoms with Crippen LogP contribution in [0.1, 0.15) is 12.1 Å². The molecular weight excluding hydrogens is 322 g/mol. The van der Waals surface area contributed by atoms with Gasteiger partial charge in [-0.3, -0.25) is 4.57 Å². The van der Waals surface area contributed by atoms with E-state index in [1.807, 2.05) is 0 Å². The quantitative estimate of drug-likeness (QED) is 0.326. The molecule has 1 fully saturated rings. The van der Waals surface area contributed by atoms with Crippen molar-refractivity contribution in [3.63, 3.8) is 0 Å². The van der Waals surface area contributed by atoms with Crippen molar-refractivity contribution in [3.05, 3.63) is 12.2 Å². The highest BCUT2D eigenvalue weighted by Gasteiger charge is 2.44. The molecule has 1 saturated heterocycles. The summed E-state index contributed by atoms with van der Waals surface area (Å²) in [4.78, 5) is 12.3. The number of ether oxygens (including phenoxy) is 1. The summed E-state index contributed by atoms with van der Waals surface area (Å²) in [5, 5.41) is 47.6. The lowest BCUT2D eigenvalue weighted by atomic mass is 10.1. The molecule has 0 bridgehead atoms. The molecule has 2 aromatic heterocycles. The molecule has 3 heterocycles. The second-order valence-corrected chi connectivity index (χ2v) is 5.62. The average Bonchev–Trinajstić information content (AvgIpc) is 3.10. The molecule has 24 heavy (non-hydrogen) atoms. The molecule has 0 amide bonds. The van der Waals surface area contributed by atoms with Crippen LogP contribution in [0, 0.1) is 0 Å². The summed E-state index contributed by atoms with van der Waals surface area (Å²) in [6, 6.07) is 0. The predicted octanol–water partition coefficient (Wildman–Crippen LogP) is -3.08. The van der Waals surface area contributed by atoms with Gasteiger partial charge in [-0.05, 0) is 0 Å². The molecule has 0 aliphatic carbocycles. The Balaban J connectivity index is 2.00. The van der Waals surface area contributed by atoms with Gasteiger partial charge >= 0.3 is 0 Å². The molecule has 1 aliphatic heterocycles. The maximum atomic E-state index is 10.1. The third-order valence-electron chi connectivity index (χ3n) is 3.91. The van der Waals surface area contributed by atoms with Crippen molar-refractivity contribution in [2.75, 3.05) is 18.9 Å². The first kappa shape index (κ1) is 17.0. The van der Waals surface area contributed by atoms with Crippen LogP contribution >= 0.6 is 0 Å². The van der Waals surface area contributed by atoms with Crippen LogP contribution < -0.4 is 5.73 Å². The van der Waals surface area contributed by atoms with Gasteiger partial charge in [-0.1, -0.05) is 0 Å². The molecule has 3 rings (SSSR count). The number of aliphatic hydroxyl groups excluding tert-OH is 5. The van der Waals surface area contributed by atoms with Crippen LogP contribution in [-0.2, 0) is 11.2 Å². The second-order valence-electron chi connectivity index (χ2n) is 5.62. The Kier molecular flexibility index (Phi) is 4.62. The van der Waals surface area contributed by atoms with Crippen LogP contribution in [0.4, 0.5) is 5.82 Å². The highest BCUT2D eigenvalue weighted by atomic mass is 16.6. The van der Waals surface area contributed by atoms with Crippen LogP contribution in [0.25, 0.3) is 11.2 Å². The maximum absolute atomic E-state index is 10.1. The number of hydrogen-bond donors (Lipinski definition) is 6. The number of aliphatic hydroxyl groups is 5. The fraction of sp³-hybridized carbons (Fsp3) is 0.615. The molecular formula is C13H19N5O6. The first-order valence-corrected chi connectivity index (χ1v) is 7.36. The monoisotopic (exact) mass is 341 g/mol. The number of rotatable bonds is 5. The van der Waals surface area contributed by atoms with E-state index >= 15 is 0 Å². The minimum absolute atomic E-state index is 0.0161. The van der Waals surface area contributed by atoms with Gasteiger partial charge in [0.2, 0.25) is 0 Å². The van der Waals surface area contributed by atoms with Crippen LogP contribution in [0.15, 0.2) is 6.33 Å². The van der Waals surface area contributed by atoms with E-state index < -0.39 is 43.9 Å². The van der Waals surface area contributed by atoms with E-state index in [-0.39, 0.29) is 29.2 Å². The first-order valence-electron chi connectivity index (χ1n) is 7.36. The van der Waals surface area contributed by atoms with Crippen LogP contribution in [0.2, 0.25) is 0 Å². The SMILES string of the molecule is Nc1nc(CC(O)CO)nc2c1ncn2[C@@H]1O[C@H](CO)C(O)C1O. The molecule has 0 radical (unpaired) electrons. The predicted molar refractivity (Wildman–Crippen MR) is 79.5 cm³/mol. The van der Waals surface area contributed by atoms with Gasteiger partial charge in [0.25, 0.3) is 0 Å². The molecule has 132 valence electrons. The van der Waals surface area contributed by atoms with E-state index in [4.69, 9.17) is 15.6 Å². The third kappa shape index (κ3) is 2.81. The van der Waals surface area contributed by atoms with E-state index in [9.17, 15) is 20.4 Å². The topological polar surface area (TPSA) is 180 Å². The van der Waals surface area contributed by atoms with E-state index in [1.54, 1.807) is 0 Å². The van der Waals surface area contributed by atoms with Gasteiger partial charge in [0.15, 0.2) is 17.7 Å². The fourth-order valence-corrected chi connectivity index (χ4v) is 2.65. The molecule has 2 aromatic rings. The summed E-state index contributed by atoms with van der Waals surface area (Å²) >= 11 is 0. The largest absolute Gasteiger partial charge is 0.394 e. The van der Waals surface area contributed by atoms with Crippen molar-refractivity contribution in [3.8, 4) is 0 Å². The summed E-state index contributed by atoms with van der Waals surface area (Å²) in [5.41, 5.74) is 6.36. The molecule has 3 unspecified atom stereocenters. The zero-order chi connectivity index (χ0) is 17.4. The summed E-state index contributed by atoms with van der Waals surface area (Å²) in [6.45, 7) is -0.901. The minimum Gasteiger partial charge on any atom is -0.394 e. The Labute approximate surface area is 136 Å². The Hall–Kier alpha value is -1.89. The van der Waals surface area contributed by atoms with Gasteiger partial charge in [0.05, 0.1) is 25.6 Å². The summed E-state index contributed by atoms with van der Waals surface area (Å²) in [6.07, 6.45) is -4.20. The number of aromatic nitrogens is 4. The average molecular weight is 341 g/mol. The zero-order valence-corrected chi connectivity index (χ0v) is 12.6. The van der Waals surface area contributed by atoms with Gasteiger partial charge in [-0.15, -0.1) is 0 Å². The molecule has 0 spiro atoms. The first-order chi connectivity index (χ1) is 11.5. The summed E-state index contributed by atoms with van der Waals surface area (Å²) in [7, 11) is 0. The molecule has 7 N–H and O–H groups in total. The van der Waals surface area contributed by atoms with Gasteiger partial charge < -0.3 is 36.0 Å². The number of hydrogen-bond acceptors (Lipinski definition) is 10. The van der Waals surface area contributed by atoms with E-state index in [0.29, 0.717) is 0 Å². The lowest BCUT2D eigenvalue weighted by Crippen LogP contribution is -2.33.